The van der Waals surface area contributed by atoms with E-state index in [9.17, 15) is 0 Å². The minimum absolute atomic E-state index is 0.772. The lowest BCUT2D eigenvalue weighted by atomic mass is 9.65. The molecule has 1 aliphatic rings. The van der Waals surface area contributed by atoms with Gasteiger partial charge in [0.1, 0.15) is 0 Å². The molecule has 120 valence electrons. The van der Waals surface area contributed by atoms with E-state index in [4.69, 9.17) is 0 Å². The Labute approximate surface area is 128 Å². The summed E-state index contributed by atoms with van der Waals surface area (Å²) in [5, 5.41) is 3.73. The molecule has 0 spiro atoms. The van der Waals surface area contributed by atoms with Gasteiger partial charge in [-0.3, -0.25) is 0 Å². The molecule has 0 saturated heterocycles. The summed E-state index contributed by atoms with van der Waals surface area (Å²) in [4.78, 5) is 0. The first-order valence-electron chi connectivity index (χ1n) is 9.20. The fourth-order valence-electron chi connectivity index (χ4n) is 4.19. The standard InChI is InChI=1S/C19H39N/c1-7-16(8-2)19-11-17(15(5)6)9-10-18(19)13-20-12-14(3)4/h14-20H,7-13H2,1-6H3. The number of rotatable bonds is 8. The Bertz CT molecular complexity index is 240. The van der Waals surface area contributed by atoms with Crippen LogP contribution in [0.15, 0.2) is 0 Å². The van der Waals surface area contributed by atoms with Crippen molar-refractivity contribution in [1.82, 2.24) is 5.32 Å². The predicted octanol–water partition coefficient (Wildman–Crippen LogP) is 5.36. The van der Waals surface area contributed by atoms with Gasteiger partial charge >= 0.3 is 0 Å². The number of nitrogens with one attached hydrogen (secondary N) is 1. The van der Waals surface area contributed by atoms with Gasteiger partial charge in [0.05, 0.1) is 0 Å². The Morgan fingerprint density at radius 2 is 1.65 bits per heavy atom. The lowest BCUT2D eigenvalue weighted by molar-refractivity contribution is 0.0923. The fraction of sp³-hybridized carbons (Fsp3) is 1.00. The van der Waals surface area contributed by atoms with Crippen molar-refractivity contribution in [2.24, 2.45) is 35.5 Å². The minimum Gasteiger partial charge on any atom is -0.316 e. The molecule has 1 aliphatic carbocycles. The van der Waals surface area contributed by atoms with Crippen molar-refractivity contribution in [3.05, 3.63) is 0 Å². The lowest BCUT2D eigenvalue weighted by Crippen LogP contribution is -2.38. The van der Waals surface area contributed by atoms with Crippen LogP contribution in [0.2, 0.25) is 0 Å². The van der Waals surface area contributed by atoms with Gasteiger partial charge in [-0.25, -0.2) is 0 Å². The van der Waals surface area contributed by atoms with Gasteiger partial charge in [0, 0.05) is 0 Å². The molecule has 1 rings (SSSR count). The van der Waals surface area contributed by atoms with Crippen LogP contribution in [0, 0.1) is 35.5 Å². The lowest BCUT2D eigenvalue weighted by Gasteiger charge is -2.42. The smallest absolute Gasteiger partial charge is 0.00176 e. The van der Waals surface area contributed by atoms with Crippen LogP contribution >= 0.6 is 0 Å². The zero-order valence-electron chi connectivity index (χ0n) is 14.9. The first kappa shape index (κ1) is 18.0. The maximum Gasteiger partial charge on any atom is -0.00176 e. The third-order valence-electron chi connectivity index (χ3n) is 5.64. The largest absolute Gasteiger partial charge is 0.316 e. The van der Waals surface area contributed by atoms with E-state index < -0.39 is 0 Å². The number of hydrogen-bond donors (Lipinski definition) is 1. The summed E-state index contributed by atoms with van der Waals surface area (Å²) in [6.45, 7) is 16.7. The molecule has 1 heteroatoms. The van der Waals surface area contributed by atoms with Gasteiger partial charge < -0.3 is 5.32 Å². The Balaban J connectivity index is 2.60. The third-order valence-corrected chi connectivity index (χ3v) is 5.64. The molecule has 0 aromatic carbocycles. The molecule has 0 aliphatic heterocycles. The van der Waals surface area contributed by atoms with Crippen LogP contribution in [-0.2, 0) is 0 Å². The molecule has 1 N–H and O–H groups in total. The van der Waals surface area contributed by atoms with Crippen LogP contribution in [0.3, 0.4) is 0 Å². The van der Waals surface area contributed by atoms with E-state index in [0.29, 0.717) is 0 Å². The first-order chi connectivity index (χ1) is 9.49. The Morgan fingerprint density at radius 3 is 2.15 bits per heavy atom. The Morgan fingerprint density at radius 1 is 1.00 bits per heavy atom. The molecule has 20 heavy (non-hydrogen) atoms. The second-order valence-electron chi connectivity index (χ2n) is 7.87. The zero-order chi connectivity index (χ0) is 15.1. The van der Waals surface area contributed by atoms with Crippen LogP contribution in [-0.4, -0.2) is 13.1 Å². The van der Waals surface area contributed by atoms with E-state index in [1.807, 2.05) is 0 Å². The second kappa shape index (κ2) is 9.07. The molecule has 1 saturated carbocycles. The molecular weight excluding hydrogens is 242 g/mol. The molecule has 0 bridgehead atoms. The SMILES string of the molecule is CCC(CC)C1CC(C(C)C)CCC1CNCC(C)C. The van der Waals surface area contributed by atoms with Crippen molar-refractivity contribution in [2.75, 3.05) is 13.1 Å². The van der Waals surface area contributed by atoms with Crippen LogP contribution in [0.5, 0.6) is 0 Å². The topological polar surface area (TPSA) is 12.0 Å². The second-order valence-corrected chi connectivity index (χ2v) is 7.87. The third kappa shape index (κ3) is 5.39. The van der Waals surface area contributed by atoms with Gasteiger partial charge in [-0.05, 0) is 67.9 Å². The molecule has 1 fully saturated rings. The van der Waals surface area contributed by atoms with Crippen LogP contribution in [0.1, 0.15) is 73.6 Å². The average Bonchev–Trinajstić information content (AvgIpc) is 2.40. The van der Waals surface area contributed by atoms with Crippen molar-refractivity contribution in [2.45, 2.75) is 73.6 Å². The highest BCUT2D eigenvalue weighted by Crippen LogP contribution is 2.42. The summed E-state index contributed by atoms with van der Waals surface area (Å²) < 4.78 is 0. The highest BCUT2D eigenvalue weighted by Gasteiger charge is 2.34. The molecule has 0 amide bonds. The van der Waals surface area contributed by atoms with Crippen LogP contribution < -0.4 is 5.32 Å². The summed E-state index contributed by atoms with van der Waals surface area (Å²) in [5.74, 6) is 5.45. The van der Waals surface area contributed by atoms with E-state index in [1.54, 1.807) is 0 Å². The molecule has 3 atom stereocenters. The minimum atomic E-state index is 0.772. The van der Waals surface area contributed by atoms with Gasteiger partial charge in [0.15, 0.2) is 0 Å². The van der Waals surface area contributed by atoms with Crippen LogP contribution in [0.4, 0.5) is 0 Å². The van der Waals surface area contributed by atoms with E-state index in [0.717, 1.165) is 35.5 Å². The molecule has 0 aromatic rings. The molecule has 3 unspecified atom stereocenters. The van der Waals surface area contributed by atoms with E-state index >= 15 is 0 Å². The maximum absolute atomic E-state index is 3.73. The predicted molar refractivity (Wildman–Crippen MR) is 90.9 cm³/mol. The average molecular weight is 282 g/mol. The van der Waals surface area contributed by atoms with Gasteiger partial charge in [0.25, 0.3) is 0 Å². The molecule has 0 aromatic heterocycles. The van der Waals surface area contributed by atoms with Crippen molar-refractivity contribution in [3.8, 4) is 0 Å². The summed E-state index contributed by atoms with van der Waals surface area (Å²) in [6, 6.07) is 0. The molecule has 0 heterocycles. The van der Waals surface area contributed by atoms with Gasteiger partial charge in [0.2, 0.25) is 0 Å². The highest BCUT2D eigenvalue weighted by molar-refractivity contribution is 4.86. The highest BCUT2D eigenvalue weighted by atomic mass is 14.9. The van der Waals surface area contributed by atoms with Crippen molar-refractivity contribution in [3.63, 3.8) is 0 Å². The van der Waals surface area contributed by atoms with Crippen molar-refractivity contribution in [1.29, 1.82) is 0 Å². The van der Waals surface area contributed by atoms with E-state index in [-0.39, 0.29) is 0 Å². The summed E-state index contributed by atoms with van der Waals surface area (Å²) >= 11 is 0. The van der Waals surface area contributed by atoms with Crippen molar-refractivity contribution < 1.29 is 0 Å². The molecule has 0 radical (unpaired) electrons. The summed E-state index contributed by atoms with van der Waals surface area (Å²) in [6.07, 6.45) is 7.13. The van der Waals surface area contributed by atoms with Gasteiger partial charge in [-0.2, -0.15) is 0 Å². The Kier molecular flexibility index (Phi) is 8.17. The van der Waals surface area contributed by atoms with E-state index in [1.165, 1.54) is 45.2 Å². The van der Waals surface area contributed by atoms with E-state index in [2.05, 4.69) is 46.9 Å². The number of hydrogen-bond acceptors (Lipinski definition) is 1. The monoisotopic (exact) mass is 281 g/mol. The molecule has 1 nitrogen and oxygen atoms in total. The van der Waals surface area contributed by atoms with Crippen molar-refractivity contribution >= 4 is 0 Å². The quantitative estimate of drug-likeness (QED) is 0.632. The molecular formula is C19H39N. The van der Waals surface area contributed by atoms with Crippen LogP contribution in [0.25, 0.3) is 0 Å². The normalized spacial score (nSPS) is 27.8. The Hall–Kier alpha value is -0.0400. The fourth-order valence-corrected chi connectivity index (χ4v) is 4.19. The zero-order valence-corrected chi connectivity index (χ0v) is 14.9. The maximum atomic E-state index is 3.73. The first-order valence-corrected chi connectivity index (χ1v) is 9.20. The van der Waals surface area contributed by atoms with Gasteiger partial charge in [-0.15, -0.1) is 0 Å². The summed E-state index contributed by atoms with van der Waals surface area (Å²) in [7, 11) is 0. The summed E-state index contributed by atoms with van der Waals surface area (Å²) in [5.41, 5.74) is 0. The van der Waals surface area contributed by atoms with Gasteiger partial charge in [-0.1, -0.05) is 54.4 Å².